The summed E-state index contributed by atoms with van der Waals surface area (Å²) < 4.78 is 20.3. The molecule has 4 heterocycles. The first-order valence-electron chi connectivity index (χ1n) is 22.5. The van der Waals surface area contributed by atoms with Crippen LogP contribution in [-0.2, 0) is 29.2 Å². The molecule has 0 saturated carbocycles. The molecule has 63 heavy (non-hydrogen) atoms. The summed E-state index contributed by atoms with van der Waals surface area (Å²) in [6, 6.07) is 38.1. The smallest absolute Gasteiger partial charge is 0.255 e. The van der Waals surface area contributed by atoms with Crippen molar-refractivity contribution in [1.82, 2.24) is 15.1 Å². The molecule has 5 aromatic rings. The van der Waals surface area contributed by atoms with Crippen LogP contribution in [0.15, 0.2) is 115 Å². The molecule has 5 aromatic carbocycles. The minimum Gasteiger partial charge on any atom is -0.489 e. The highest BCUT2D eigenvalue weighted by Gasteiger charge is 2.40. The van der Waals surface area contributed by atoms with Crippen LogP contribution >= 0.6 is 0 Å². The molecule has 5 aliphatic rings. The molecule has 3 amide bonds. The number of piperazine rings is 1. The zero-order valence-electron chi connectivity index (χ0n) is 35.6. The number of anilines is 2. The van der Waals surface area contributed by atoms with Gasteiger partial charge in [-0.1, -0.05) is 60.7 Å². The number of aryl methyl sites for hydroxylation is 1. The molecule has 2 N–H and O–H groups in total. The third-order valence-electron chi connectivity index (χ3n) is 14.2. The molecule has 0 radical (unpaired) electrons. The van der Waals surface area contributed by atoms with E-state index in [9.17, 15) is 23.9 Å². The Balaban J connectivity index is 0.755. The Morgan fingerprint density at radius 3 is 2.17 bits per heavy atom. The van der Waals surface area contributed by atoms with E-state index in [1.54, 1.807) is 17.0 Å². The number of halogens is 1. The maximum absolute atomic E-state index is 14.1. The minimum atomic E-state index is -0.760. The molecule has 10 rings (SSSR count). The second-order valence-electron chi connectivity index (χ2n) is 18.1. The van der Waals surface area contributed by atoms with Crippen molar-refractivity contribution in [2.45, 2.75) is 75.2 Å². The number of piperidine rings is 2. The van der Waals surface area contributed by atoms with Crippen LogP contribution in [0.1, 0.15) is 87.7 Å². The van der Waals surface area contributed by atoms with Gasteiger partial charge in [0.15, 0.2) is 0 Å². The lowest BCUT2D eigenvalue weighted by Crippen LogP contribution is -2.55. The fraction of sp³-hybridized carbons (Fsp3) is 0.365. The van der Waals surface area contributed by atoms with Crippen molar-refractivity contribution in [3.63, 3.8) is 0 Å². The molecule has 10 nitrogen and oxygen atoms in total. The number of carbonyl (C=O) groups excluding carboxylic acids is 3. The zero-order valence-corrected chi connectivity index (χ0v) is 35.6. The normalized spacial score (nSPS) is 22.4. The highest BCUT2D eigenvalue weighted by atomic mass is 19.1. The number of hydrogen-bond donors (Lipinski definition) is 2. The standard InChI is InChI=1S/C52H54FN5O5/c53-40-11-6-36(7-12-40)44-17-10-38-31-43(63-33-35-4-2-1-3-5-35)16-19-45(38)49(44)37-8-13-41(14-9-37)56-24-22-52(62,23-25-56)34-55-26-28-57(29-27-55)42-15-18-46-39(30-42)32-58(51(46)61)47-20-21-48(59)54-50(47)60/h1-9,11-16,18-19,30-31,44,47,49,62H,10,17,20-29,32-34H2,(H,54,59,60)/t44-,47?,49?/m1/s1. The van der Waals surface area contributed by atoms with Crippen LogP contribution in [0.25, 0.3) is 0 Å². The first kappa shape index (κ1) is 41.0. The van der Waals surface area contributed by atoms with Gasteiger partial charge in [-0.2, -0.15) is 0 Å². The third-order valence-corrected chi connectivity index (χ3v) is 14.2. The Labute approximate surface area is 368 Å². The van der Waals surface area contributed by atoms with Crippen molar-refractivity contribution in [3.8, 4) is 5.75 Å². The van der Waals surface area contributed by atoms with E-state index in [2.05, 4.69) is 80.7 Å². The lowest BCUT2D eigenvalue weighted by molar-refractivity contribution is -0.136. The Bertz CT molecular complexity index is 2480. The van der Waals surface area contributed by atoms with Crippen molar-refractivity contribution in [2.24, 2.45) is 0 Å². The summed E-state index contributed by atoms with van der Waals surface area (Å²) in [7, 11) is 0. The molecule has 0 spiro atoms. The summed E-state index contributed by atoms with van der Waals surface area (Å²) in [4.78, 5) is 46.1. The Morgan fingerprint density at radius 1 is 0.714 bits per heavy atom. The number of β-amino-alcohol motifs (C(OH)–C–C–N with tert-alkyl or cyclic N) is 1. The van der Waals surface area contributed by atoms with E-state index in [0.29, 0.717) is 44.5 Å². The number of nitrogens with one attached hydrogen (secondary N) is 1. The molecule has 11 heteroatoms. The highest BCUT2D eigenvalue weighted by Crippen LogP contribution is 2.47. The number of amides is 3. The van der Waals surface area contributed by atoms with E-state index in [4.69, 9.17) is 4.74 Å². The zero-order chi connectivity index (χ0) is 43.1. The summed E-state index contributed by atoms with van der Waals surface area (Å²) in [5, 5.41) is 14.2. The molecule has 1 aliphatic carbocycles. The molecule has 3 saturated heterocycles. The van der Waals surface area contributed by atoms with Gasteiger partial charge >= 0.3 is 0 Å². The molecular formula is C52H54FN5O5. The van der Waals surface area contributed by atoms with Crippen LogP contribution in [0.4, 0.5) is 15.8 Å². The number of carbonyl (C=O) groups is 3. The van der Waals surface area contributed by atoms with Crippen molar-refractivity contribution < 1.29 is 28.6 Å². The molecule has 3 fully saturated rings. The fourth-order valence-electron chi connectivity index (χ4n) is 10.7. The first-order valence-corrected chi connectivity index (χ1v) is 22.5. The number of fused-ring (bicyclic) bond motifs is 2. The summed E-state index contributed by atoms with van der Waals surface area (Å²) >= 11 is 0. The van der Waals surface area contributed by atoms with Gasteiger partial charge in [0.05, 0.1) is 5.60 Å². The lowest BCUT2D eigenvalue weighted by Gasteiger charge is -2.44. The van der Waals surface area contributed by atoms with Crippen LogP contribution in [0.2, 0.25) is 0 Å². The van der Waals surface area contributed by atoms with Crippen molar-refractivity contribution in [3.05, 3.63) is 160 Å². The van der Waals surface area contributed by atoms with Gasteiger partial charge in [-0.3, -0.25) is 24.6 Å². The largest absolute Gasteiger partial charge is 0.489 e. The third kappa shape index (κ3) is 8.56. The van der Waals surface area contributed by atoms with Gasteiger partial charge in [0.25, 0.3) is 5.91 Å². The van der Waals surface area contributed by atoms with Crippen LogP contribution in [0.5, 0.6) is 5.75 Å². The molecule has 0 aromatic heterocycles. The van der Waals surface area contributed by atoms with Gasteiger partial charge in [0.1, 0.15) is 24.2 Å². The highest BCUT2D eigenvalue weighted by molar-refractivity contribution is 6.05. The van der Waals surface area contributed by atoms with Gasteiger partial charge in [0.2, 0.25) is 11.8 Å². The number of ether oxygens (including phenoxy) is 1. The molecule has 2 unspecified atom stereocenters. The van der Waals surface area contributed by atoms with Crippen molar-refractivity contribution in [2.75, 3.05) is 55.6 Å². The SMILES string of the molecule is O=C1CCC(N2Cc3cc(N4CCN(CC5(O)CCN(c6ccc(C7c8ccc(OCc9ccccc9)cc8CC[C@@H]7c7ccc(F)cc7)cc6)CC5)CC4)ccc3C2=O)C(=O)N1. The van der Waals surface area contributed by atoms with E-state index in [1.807, 2.05) is 42.5 Å². The minimum absolute atomic E-state index is 0.116. The maximum atomic E-state index is 14.1. The van der Waals surface area contributed by atoms with Crippen LogP contribution in [-0.4, -0.2) is 90.1 Å². The average molecular weight is 848 g/mol. The first-order chi connectivity index (χ1) is 30.7. The second-order valence-corrected chi connectivity index (χ2v) is 18.1. The molecule has 3 atom stereocenters. The predicted octanol–water partition coefficient (Wildman–Crippen LogP) is 7.18. The number of aliphatic hydroxyl groups is 1. The molecular weight excluding hydrogens is 794 g/mol. The quantitative estimate of drug-likeness (QED) is 0.143. The Morgan fingerprint density at radius 2 is 1.43 bits per heavy atom. The second kappa shape index (κ2) is 17.3. The van der Waals surface area contributed by atoms with Crippen LogP contribution < -0.4 is 19.9 Å². The summed E-state index contributed by atoms with van der Waals surface area (Å²) in [5.74, 6) is 0.136. The van der Waals surface area contributed by atoms with E-state index in [0.717, 1.165) is 85.9 Å². The number of hydrogen-bond acceptors (Lipinski definition) is 8. The topological polar surface area (TPSA) is 106 Å². The van der Waals surface area contributed by atoms with E-state index < -0.39 is 17.6 Å². The van der Waals surface area contributed by atoms with Gasteiger partial charge in [-0.15, -0.1) is 0 Å². The summed E-state index contributed by atoms with van der Waals surface area (Å²) in [5.41, 5.74) is 9.10. The van der Waals surface area contributed by atoms with Crippen molar-refractivity contribution >= 4 is 29.1 Å². The molecule has 4 aliphatic heterocycles. The Kier molecular flexibility index (Phi) is 11.2. The van der Waals surface area contributed by atoms with Gasteiger partial charge in [-0.25, -0.2) is 4.39 Å². The summed E-state index contributed by atoms with van der Waals surface area (Å²) in [6.07, 6.45) is 3.84. The molecule has 324 valence electrons. The summed E-state index contributed by atoms with van der Waals surface area (Å²) in [6.45, 7) is 6.36. The van der Waals surface area contributed by atoms with Gasteiger partial charge < -0.3 is 24.5 Å². The van der Waals surface area contributed by atoms with Gasteiger partial charge in [-0.05, 0) is 126 Å². The van der Waals surface area contributed by atoms with Gasteiger partial charge in [0, 0.05) is 81.6 Å². The van der Waals surface area contributed by atoms with E-state index in [-0.39, 0.29) is 35.9 Å². The van der Waals surface area contributed by atoms with E-state index >= 15 is 0 Å². The van der Waals surface area contributed by atoms with Crippen molar-refractivity contribution in [1.29, 1.82) is 0 Å². The number of imide groups is 1. The van der Waals surface area contributed by atoms with Crippen LogP contribution in [0, 0.1) is 5.82 Å². The predicted molar refractivity (Wildman–Crippen MR) is 240 cm³/mol. The monoisotopic (exact) mass is 847 g/mol. The Hall–Kier alpha value is -6.04. The van der Waals surface area contributed by atoms with Crippen LogP contribution in [0.3, 0.4) is 0 Å². The fourth-order valence-corrected chi connectivity index (χ4v) is 10.7. The molecule has 0 bridgehead atoms. The number of nitrogens with zero attached hydrogens (tertiary/aromatic N) is 4. The number of benzene rings is 5. The maximum Gasteiger partial charge on any atom is 0.255 e. The van der Waals surface area contributed by atoms with E-state index in [1.165, 1.54) is 16.7 Å². The lowest BCUT2D eigenvalue weighted by atomic mass is 9.69. The average Bonchev–Trinajstić information content (AvgIpc) is 3.63. The number of rotatable bonds is 10.